The number of nitrogens with one attached hydrogen (secondary N) is 2. The summed E-state index contributed by atoms with van der Waals surface area (Å²) in [7, 11) is -2.50. The highest BCUT2D eigenvalue weighted by atomic mass is 32.2. The minimum atomic E-state index is -4.08. The molecule has 10 heteroatoms. The molecule has 1 aliphatic rings. The minimum Gasteiger partial charge on any atom is -0.497 e. The van der Waals surface area contributed by atoms with Crippen molar-refractivity contribution in [1.82, 2.24) is 14.7 Å². The standard InChI is InChI=1S/C23H21N3O5S2/c1-13-20(14-6-4-3-5-7-14)23(13,22(27)28)26-33(29,30)19-11-10-18(32-19)21-24-16-9-8-15(31-2)12-17(16)25-21/h3-13,20,26H,1-2H3,(H,24,25)(H,27,28)/t13-,20-,23+/m1/s1. The molecule has 5 rings (SSSR count). The number of carboxylic acid groups (broad SMARTS) is 1. The van der Waals surface area contributed by atoms with Crippen LogP contribution in [0, 0.1) is 5.92 Å². The van der Waals surface area contributed by atoms with Gasteiger partial charge in [-0.2, -0.15) is 4.72 Å². The maximum absolute atomic E-state index is 13.2. The summed E-state index contributed by atoms with van der Waals surface area (Å²) in [4.78, 5) is 20.5. The van der Waals surface area contributed by atoms with Gasteiger partial charge in [0.15, 0.2) is 0 Å². The molecule has 0 bridgehead atoms. The average Bonchev–Trinajstić information content (AvgIpc) is 3.19. The molecule has 0 aliphatic heterocycles. The lowest BCUT2D eigenvalue weighted by atomic mass is 10.1. The molecule has 2 aromatic carbocycles. The molecule has 33 heavy (non-hydrogen) atoms. The van der Waals surface area contributed by atoms with E-state index >= 15 is 0 Å². The monoisotopic (exact) mass is 483 g/mol. The van der Waals surface area contributed by atoms with Gasteiger partial charge >= 0.3 is 5.97 Å². The van der Waals surface area contributed by atoms with Gasteiger partial charge in [-0.25, -0.2) is 13.4 Å². The molecule has 0 spiro atoms. The van der Waals surface area contributed by atoms with Gasteiger partial charge in [-0.15, -0.1) is 11.3 Å². The third kappa shape index (κ3) is 3.50. The number of nitrogens with zero attached hydrogens (tertiary/aromatic N) is 1. The number of methoxy groups -OCH3 is 1. The number of H-pyrrole nitrogens is 1. The lowest BCUT2D eigenvalue weighted by Crippen LogP contribution is -2.45. The van der Waals surface area contributed by atoms with E-state index in [0.717, 1.165) is 27.9 Å². The number of imidazole rings is 1. The first-order chi connectivity index (χ1) is 15.8. The molecule has 1 fully saturated rings. The summed E-state index contributed by atoms with van der Waals surface area (Å²) in [5.41, 5.74) is 0.701. The van der Waals surface area contributed by atoms with Crippen LogP contribution in [-0.2, 0) is 14.8 Å². The Balaban J connectivity index is 1.45. The van der Waals surface area contributed by atoms with Crippen LogP contribution in [0.4, 0.5) is 0 Å². The number of ether oxygens (including phenoxy) is 1. The third-order valence-electron chi connectivity index (χ3n) is 6.18. The molecular formula is C23H21N3O5S2. The van der Waals surface area contributed by atoms with Gasteiger partial charge in [0.25, 0.3) is 10.0 Å². The second-order valence-electron chi connectivity index (χ2n) is 8.04. The van der Waals surface area contributed by atoms with Crippen molar-refractivity contribution in [3.63, 3.8) is 0 Å². The molecule has 0 unspecified atom stereocenters. The maximum Gasteiger partial charge on any atom is 0.325 e. The van der Waals surface area contributed by atoms with Gasteiger partial charge in [0.1, 0.15) is 21.3 Å². The van der Waals surface area contributed by atoms with Crippen molar-refractivity contribution in [2.75, 3.05) is 7.11 Å². The van der Waals surface area contributed by atoms with Crippen LogP contribution in [0.15, 0.2) is 64.9 Å². The Labute approximate surface area is 194 Å². The van der Waals surface area contributed by atoms with Gasteiger partial charge in [0.2, 0.25) is 0 Å². The summed E-state index contributed by atoms with van der Waals surface area (Å²) < 4.78 is 34.2. The molecule has 3 N–H and O–H groups in total. The van der Waals surface area contributed by atoms with E-state index in [1.54, 1.807) is 26.2 Å². The number of hydrogen-bond donors (Lipinski definition) is 3. The van der Waals surface area contributed by atoms with E-state index < -0.39 is 33.4 Å². The van der Waals surface area contributed by atoms with Gasteiger partial charge in [0, 0.05) is 12.0 Å². The number of rotatable bonds is 7. The number of aliphatic carboxylic acids is 1. The first-order valence-corrected chi connectivity index (χ1v) is 12.5. The van der Waals surface area contributed by atoms with Crippen LogP contribution in [-0.4, -0.2) is 42.1 Å². The largest absolute Gasteiger partial charge is 0.497 e. The highest BCUT2D eigenvalue weighted by Gasteiger charge is 2.70. The van der Waals surface area contributed by atoms with Gasteiger partial charge in [-0.1, -0.05) is 37.3 Å². The Bertz CT molecular complexity index is 1460. The van der Waals surface area contributed by atoms with Crippen LogP contribution in [0.25, 0.3) is 21.7 Å². The Hall–Kier alpha value is -3.21. The molecule has 1 aliphatic carbocycles. The SMILES string of the molecule is COc1ccc2nc(-c3ccc(S(=O)(=O)N[C@@]4(C(=O)O)[C@H](C)[C@@H]4c4ccccc4)s3)[nH]c2c1. The highest BCUT2D eigenvalue weighted by Crippen LogP contribution is 2.58. The second kappa shape index (κ2) is 7.68. The first kappa shape index (κ1) is 21.6. The molecule has 3 atom stereocenters. The molecule has 2 aromatic heterocycles. The van der Waals surface area contributed by atoms with Crippen molar-refractivity contribution in [1.29, 1.82) is 0 Å². The molecule has 0 radical (unpaired) electrons. The van der Waals surface area contributed by atoms with Crippen molar-refractivity contribution in [2.45, 2.75) is 22.6 Å². The second-order valence-corrected chi connectivity index (χ2v) is 11.0. The number of benzene rings is 2. The summed E-state index contributed by atoms with van der Waals surface area (Å²) in [6.07, 6.45) is 0. The quantitative estimate of drug-likeness (QED) is 0.367. The summed E-state index contributed by atoms with van der Waals surface area (Å²) in [6.45, 7) is 1.75. The van der Waals surface area contributed by atoms with E-state index in [-0.39, 0.29) is 4.21 Å². The average molecular weight is 484 g/mol. The number of fused-ring (bicyclic) bond motifs is 1. The van der Waals surface area contributed by atoms with Crippen molar-refractivity contribution in [2.24, 2.45) is 5.92 Å². The Morgan fingerprint density at radius 3 is 2.64 bits per heavy atom. The molecule has 4 aromatic rings. The van der Waals surface area contributed by atoms with Crippen molar-refractivity contribution in [3.8, 4) is 16.5 Å². The fraction of sp³-hybridized carbons (Fsp3) is 0.217. The zero-order chi connectivity index (χ0) is 23.4. The fourth-order valence-electron chi connectivity index (χ4n) is 4.40. The van der Waals surface area contributed by atoms with Crippen LogP contribution < -0.4 is 9.46 Å². The predicted molar refractivity (Wildman–Crippen MR) is 125 cm³/mol. The van der Waals surface area contributed by atoms with Crippen LogP contribution >= 0.6 is 11.3 Å². The van der Waals surface area contributed by atoms with E-state index in [2.05, 4.69) is 14.7 Å². The van der Waals surface area contributed by atoms with Crippen LogP contribution in [0.2, 0.25) is 0 Å². The van der Waals surface area contributed by atoms with E-state index in [9.17, 15) is 18.3 Å². The molecule has 0 saturated heterocycles. The van der Waals surface area contributed by atoms with Crippen molar-refractivity contribution < 1.29 is 23.1 Å². The van der Waals surface area contributed by atoms with E-state index in [4.69, 9.17) is 4.74 Å². The number of sulfonamides is 1. The summed E-state index contributed by atoms with van der Waals surface area (Å²) >= 11 is 1.03. The van der Waals surface area contributed by atoms with Gasteiger partial charge in [0.05, 0.1) is 23.0 Å². The van der Waals surface area contributed by atoms with Gasteiger partial charge in [-0.3, -0.25) is 4.79 Å². The van der Waals surface area contributed by atoms with Crippen LogP contribution in [0.5, 0.6) is 5.75 Å². The highest BCUT2D eigenvalue weighted by molar-refractivity contribution is 7.91. The topological polar surface area (TPSA) is 121 Å². The fourth-order valence-corrected chi connectivity index (χ4v) is 7.11. The molecule has 170 valence electrons. The Morgan fingerprint density at radius 2 is 1.94 bits per heavy atom. The zero-order valence-corrected chi connectivity index (χ0v) is 19.4. The molecule has 2 heterocycles. The predicted octanol–water partition coefficient (Wildman–Crippen LogP) is 3.84. The van der Waals surface area contributed by atoms with Gasteiger partial charge < -0.3 is 14.8 Å². The molecule has 8 nitrogen and oxygen atoms in total. The maximum atomic E-state index is 13.2. The summed E-state index contributed by atoms with van der Waals surface area (Å²) in [6, 6.07) is 17.7. The van der Waals surface area contributed by atoms with Crippen molar-refractivity contribution in [3.05, 3.63) is 66.2 Å². The minimum absolute atomic E-state index is 0.0297. The summed E-state index contributed by atoms with van der Waals surface area (Å²) in [5, 5.41) is 9.97. The Kier molecular flexibility index (Phi) is 5.04. The smallest absolute Gasteiger partial charge is 0.325 e. The lowest BCUT2D eigenvalue weighted by Gasteiger charge is -2.15. The van der Waals surface area contributed by atoms with Crippen LogP contribution in [0.3, 0.4) is 0 Å². The number of carbonyl (C=O) groups is 1. The van der Waals surface area contributed by atoms with Gasteiger partial charge in [-0.05, 0) is 35.7 Å². The number of thiophene rings is 1. The third-order valence-corrected chi connectivity index (χ3v) is 9.25. The number of aromatic nitrogens is 2. The van der Waals surface area contributed by atoms with E-state index in [1.807, 2.05) is 42.5 Å². The van der Waals surface area contributed by atoms with Crippen molar-refractivity contribution >= 4 is 38.4 Å². The molecular weight excluding hydrogens is 462 g/mol. The van der Waals surface area contributed by atoms with Crippen LogP contribution in [0.1, 0.15) is 18.4 Å². The molecule has 0 amide bonds. The molecule has 1 saturated carbocycles. The Morgan fingerprint density at radius 1 is 1.18 bits per heavy atom. The normalized spacial score (nSPS) is 22.4. The number of aromatic amines is 1. The van der Waals surface area contributed by atoms with E-state index in [0.29, 0.717) is 16.5 Å². The first-order valence-electron chi connectivity index (χ1n) is 10.2. The number of carboxylic acids is 1. The number of hydrogen-bond acceptors (Lipinski definition) is 6. The van der Waals surface area contributed by atoms with E-state index in [1.165, 1.54) is 6.07 Å². The summed E-state index contributed by atoms with van der Waals surface area (Å²) in [5.74, 6) is -0.815. The zero-order valence-electron chi connectivity index (χ0n) is 17.8. The lowest BCUT2D eigenvalue weighted by molar-refractivity contribution is -0.140.